The average molecular weight is 270 g/mol. The SMILES string of the molecule is CCCC(CC)Nc1ccc(Br)cc1C. The Morgan fingerprint density at radius 3 is 2.60 bits per heavy atom. The van der Waals surface area contributed by atoms with Gasteiger partial charge in [-0.3, -0.25) is 0 Å². The predicted molar refractivity (Wildman–Crippen MR) is 71.5 cm³/mol. The number of rotatable bonds is 5. The van der Waals surface area contributed by atoms with E-state index in [1.54, 1.807) is 0 Å². The Balaban J connectivity index is 2.70. The van der Waals surface area contributed by atoms with Gasteiger partial charge in [-0.1, -0.05) is 36.2 Å². The highest BCUT2D eigenvalue weighted by atomic mass is 79.9. The quantitative estimate of drug-likeness (QED) is 0.814. The molecule has 0 aliphatic heterocycles. The summed E-state index contributed by atoms with van der Waals surface area (Å²) in [5.74, 6) is 0. The summed E-state index contributed by atoms with van der Waals surface area (Å²) >= 11 is 3.48. The largest absolute Gasteiger partial charge is 0.382 e. The lowest BCUT2D eigenvalue weighted by atomic mass is 10.1. The van der Waals surface area contributed by atoms with E-state index in [9.17, 15) is 0 Å². The van der Waals surface area contributed by atoms with Crippen molar-refractivity contribution in [1.29, 1.82) is 0 Å². The summed E-state index contributed by atoms with van der Waals surface area (Å²) in [7, 11) is 0. The third-order valence-corrected chi connectivity index (χ3v) is 3.17. The molecule has 0 radical (unpaired) electrons. The molecule has 0 bridgehead atoms. The van der Waals surface area contributed by atoms with E-state index in [2.05, 4.69) is 60.2 Å². The van der Waals surface area contributed by atoms with E-state index in [0.717, 1.165) is 4.47 Å². The smallest absolute Gasteiger partial charge is 0.0372 e. The summed E-state index contributed by atoms with van der Waals surface area (Å²) in [5, 5.41) is 3.60. The van der Waals surface area contributed by atoms with Crippen molar-refractivity contribution in [3.8, 4) is 0 Å². The molecule has 1 unspecified atom stereocenters. The Labute approximate surface area is 101 Å². The van der Waals surface area contributed by atoms with Crippen LogP contribution in [0.3, 0.4) is 0 Å². The molecule has 2 heteroatoms. The molecule has 0 spiro atoms. The first kappa shape index (κ1) is 12.6. The fourth-order valence-electron chi connectivity index (χ4n) is 1.74. The number of anilines is 1. The first-order chi connectivity index (χ1) is 7.17. The predicted octanol–water partition coefficient (Wildman–Crippen LogP) is 4.75. The molecule has 0 aromatic heterocycles. The minimum Gasteiger partial charge on any atom is -0.382 e. The zero-order valence-electron chi connectivity index (χ0n) is 9.81. The van der Waals surface area contributed by atoms with Gasteiger partial charge in [-0.15, -0.1) is 0 Å². The number of nitrogens with one attached hydrogen (secondary N) is 1. The Bertz CT molecular complexity index is 309. The van der Waals surface area contributed by atoms with Gasteiger partial charge in [-0.2, -0.15) is 0 Å². The molecule has 0 amide bonds. The molecule has 0 saturated heterocycles. The van der Waals surface area contributed by atoms with Crippen molar-refractivity contribution in [2.24, 2.45) is 0 Å². The standard InChI is InChI=1S/C13H20BrN/c1-4-6-12(5-2)15-13-8-7-11(14)9-10(13)3/h7-9,12,15H,4-6H2,1-3H3. The van der Waals surface area contributed by atoms with E-state index in [0.29, 0.717) is 6.04 Å². The molecule has 0 aliphatic rings. The van der Waals surface area contributed by atoms with Gasteiger partial charge >= 0.3 is 0 Å². The van der Waals surface area contributed by atoms with Gasteiger partial charge < -0.3 is 5.32 Å². The van der Waals surface area contributed by atoms with E-state index in [-0.39, 0.29) is 0 Å². The van der Waals surface area contributed by atoms with Crippen LogP contribution in [0.4, 0.5) is 5.69 Å². The van der Waals surface area contributed by atoms with Gasteiger partial charge in [0.05, 0.1) is 0 Å². The van der Waals surface area contributed by atoms with Gasteiger partial charge in [0.15, 0.2) is 0 Å². The van der Waals surface area contributed by atoms with Gasteiger partial charge in [0, 0.05) is 16.2 Å². The van der Waals surface area contributed by atoms with Crippen LogP contribution < -0.4 is 5.32 Å². The molecule has 0 heterocycles. The molecular formula is C13H20BrN. The highest BCUT2D eigenvalue weighted by molar-refractivity contribution is 9.10. The molecule has 0 fully saturated rings. The monoisotopic (exact) mass is 269 g/mol. The van der Waals surface area contributed by atoms with Gasteiger partial charge in [-0.25, -0.2) is 0 Å². The summed E-state index contributed by atoms with van der Waals surface area (Å²) in [6, 6.07) is 7.00. The summed E-state index contributed by atoms with van der Waals surface area (Å²) in [6.45, 7) is 6.62. The van der Waals surface area contributed by atoms with E-state index in [1.165, 1.54) is 30.5 Å². The van der Waals surface area contributed by atoms with Gasteiger partial charge in [0.2, 0.25) is 0 Å². The normalized spacial score (nSPS) is 12.5. The third-order valence-electron chi connectivity index (χ3n) is 2.68. The van der Waals surface area contributed by atoms with E-state index >= 15 is 0 Å². The first-order valence-electron chi connectivity index (χ1n) is 5.70. The maximum Gasteiger partial charge on any atom is 0.0372 e. The van der Waals surface area contributed by atoms with Crippen molar-refractivity contribution in [2.75, 3.05) is 5.32 Å². The minimum absolute atomic E-state index is 0.606. The van der Waals surface area contributed by atoms with Crippen molar-refractivity contribution in [3.63, 3.8) is 0 Å². The Kier molecular flexibility index (Phi) is 5.16. The van der Waals surface area contributed by atoms with Crippen molar-refractivity contribution in [2.45, 2.75) is 46.1 Å². The summed E-state index contributed by atoms with van der Waals surface area (Å²) < 4.78 is 1.15. The summed E-state index contributed by atoms with van der Waals surface area (Å²) in [5.41, 5.74) is 2.57. The maximum absolute atomic E-state index is 3.60. The maximum atomic E-state index is 3.60. The molecule has 1 nitrogen and oxygen atoms in total. The number of aryl methyl sites for hydroxylation is 1. The molecule has 0 aliphatic carbocycles. The fourth-order valence-corrected chi connectivity index (χ4v) is 2.21. The van der Waals surface area contributed by atoms with Crippen LogP contribution >= 0.6 is 15.9 Å². The van der Waals surface area contributed by atoms with E-state index in [1.807, 2.05) is 0 Å². The molecular weight excluding hydrogens is 250 g/mol. The molecule has 1 rings (SSSR count). The van der Waals surface area contributed by atoms with Crippen LogP contribution in [-0.2, 0) is 0 Å². The molecule has 1 atom stereocenters. The second kappa shape index (κ2) is 6.16. The molecule has 15 heavy (non-hydrogen) atoms. The molecule has 0 saturated carbocycles. The Morgan fingerprint density at radius 2 is 2.07 bits per heavy atom. The second-order valence-corrected chi connectivity index (χ2v) is 4.91. The van der Waals surface area contributed by atoms with Crippen LogP contribution in [0.1, 0.15) is 38.7 Å². The average Bonchev–Trinajstić information content (AvgIpc) is 2.21. The molecule has 84 valence electrons. The molecule has 1 N–H and O–H groups in total. The van der Waals surface area contributed by atoms with Crippen LogP contribution in [0.15, 0.2) is 22.7 Å². The van der Waals surface area contributed by atoms with Gasteiger partial charge in [0.1, 0.15) is 0 Å². The van der Waals surface area contributed by atoms with Crippen molar-refractivity contribution < 1.29 is 0 Å². The fraction of sp³-hybridized carbons (Fsp3) is 0.538. The van der Waals surface area contributed by atoms with Crippen molar-refractivity contribution >= 4 is 21.6 Å². The van der Waals surface area contributed by atoms with E-state index in [4.69, 9.17) is 0 Å². The topological polar surface area (TPSA) is 12.0 Å². The summed E-state index contributed by atoms with van der Waals surface area (Å²) in [4.78, 5) is 0. The number of halogens is 1. The van der Waals surface area contributed by atoms with Crippen LogP contribution in [0.2, 0.25) is 0 Å². The number of hydrogen-bond donors (Lipinski definition) is 1. The molecule has 1 aromatic carbocycles. The zero-order valence-corrected chi connectivity index (χ0v) is 11.4. The minimum atomic E-state index is 0.606. The lowest BCUT2D eigenvalue weighted by Gasteiger charge is -2.19. The van der Waals surface area contributed by atoms with Crippen LogP contribution in [0, 0.1) is 6.92 Å². The number of hydrogen-bond acceptors (Lipinski definition) is 1. The Hall–Kier alpha value is -0.500. The second-order valence-electron chi connectivity index (χ2n) is 4.00. The summed E-state index contributed by atoms with van der Waals surface area (Å²) in [6.07, 6.45) is 3.66. The first-order valence-corrected chi connectivity index (χ1v) is 6.49. The lowest BCUT2D eigenvalue weighted by molar-refractivity contribution is 0.622. The van der Waals surface area contributed by atoms with Crippen LogP contribution in [-0.4, -0.2) is 6.04 Å². The zero-order chi connectivity index (χ0) is 11.3. The van der Waals surface area contributed by atoms with Gasteiger partial charge in [-0.05, 0) is 43.5 Å². The van der Waals surface area contributed by atoms with Gasteiger partial charge in [0.25, 0.3) is 0 Å². The molecule has 1 aromatic rings. The van der Waals surface area contributed by atoms with E-state index < -0.39 is 0 Å². The highest BCUT2D eigenvalue weighted by Gasteiger charge is 2.06. The number of benzene rings is 1. The lowest BCUT2D eigenvalue weighted by Crippen LogP contribution is -2.18. The van der Waals surface area contributed by atoms with Crippen molar-refractivity contribution in [3.05, 3.63) is 28.2 Å². The highest BCUT2D eigenvalue weighted by Crippen LogP contribution is 2.22. The Morgan fingerprint density at radius 1 is 1.33 bits per heavy atom. The van der Waals surface area contributed by atoms with Crippen LogP contribution in [0.5, 0.6) is 0 Å². The van der Waals surface area contributed by atoms with Crippen molar-refractivity contribution in [1.82, 2.24) is 0 Å². The third kappa shape index (κ3) is 3.86. The van der Waals surface area contributed by atoms with Crippen LogP contribution in [0.25, 0.3) is 0 Å².